The lowest BCUT2D eigenvalue weighted by atomic mass is 10.1. The second kappa shape index (κ2) is 5.94. The molecule has 3 heteroatoms. The van der Waals surface area contributed by atoms with Crippen molar-refractivity contribution in [1.29, 1.82) is 0 Å². The van der Waals surface area contributed by atoms with Gasteiger partial charge in [-0.05, 0) is 49.4 Å². The van der Waals surface area contributed by atoms with Gasteiger partial charge in [0.05, 0.1) is 11.7 Å². The number of nitrogens with one attached hydrogen (secondary N) is 1. The van der Waals surface area contributed by atoms with Crippen LogP contribution in [0.15, 0.2) is 54.7 Å². The summed E-state index contributed by atoms with van der Waals surface area (Å²) in [7, 11) is 1.95. The number of ether oxygens (including phenoxy) is 1. The lowest BCUT2D eigenvalue weighted by molar-refractivity contribution is 0.480. The van der Waals surface area contributed by atoms with Crippen LogP contribution in [0.5, 0.6) is 11.5 Å². The third-order valence-electron chi connectivity index (χ3n) is 3.48. The zero-order valence-corrected chi connectivity index (χ0v) is 12.3. The van der Waals surface area contributed by atoms with Crippen molar-refractivity contribution in [2.75, 3.05) is 7.05 Å². The Kier molecular flexibility index (Phi) is 3.84. The molecule has 1 heterocycles. The maximum atomic E-state index is 5.92. The average Bonchev–Trinajstić information content (AvgIpc) is 2.50. The summed E-state index contributed by atoms with van der Waals surface area (Å²) >= 11 is 0. The van der Waals surface area contributed by atoms with Gasteiger partial charge >= 0.3 is 0 Å². The summed E-state index contributed by atoms with van der Waals surface area (Å²) in [6, 6.07) is 16.2. The van der Waals surface area contributed by atoms with Gasteiger partial charge in [0.15, 0.2) is 0 Å². The van der Waals surface area contributed by atoms with Crippen molar-refractivity contribution in [1.82, 2.24) is 10.3 Å². The minimum absolute atomic E-state index is 0.759. The van der Waals surface area contributed by atoms with Crippen molar-refractivity contribution < 1.29 is 4.74 Å². The Bertz CT molecular complexity index is 768. The van der Waals surface area contributed by atoms with E-state index in [9.17, 15) is 0 Å². The maximum absolute atomic E-state index is 5.92. The van der Waals surface area contributed by atoms with E-state index >= 15 is 0 Å². The van der Waals surface area contributed by atoms with Crippen LogP contribution in [0.4, 0.5) is 0 Å². The number of fused-ring (bicyclic) bond motifs is 1. The standard InChI is InChI=1S/C18H18N2O/c1-13-9-16(8-7-15(13)11-19-2)21-17-10-14-5-3-4-6-18(14)20-12-17/h3-10,12,19H,11H2,1-2H3. The minimum Gasteiger partial charge on any atom is -0.456 e. The lowest BCUT2D eigenvalue weighted by Gasteiger charge is -2.10. The number of para-hydroxylation sites is 1. The van der Waals surface area contributed by atoms with Crippen LogP contribution in [0.2, 0.25) is 0 Å². The molecule has 0 aliphatic carbocycles. The molecule has 0 saturated carbocycles. The SMILES string of the molecule is CNCc1ccc(Oc2cnc3ccccc3c2)cc1C. The van der Waals surface area contributed by atoms with E-state index in [0.29, 0.717) is 0 Å². The molecular formula is C18H18N2O. The van der Waals surface area contributed by atoms with Gasteiger partial charge < -0.3 is 10.1 Å². The fourth-order valence-corrected chi connectivity index (χ4v) is 2.36. The van der Waals surface area contributed by atoms with E-state index in [2.05, 4.69) is 29.4 Å². The predicted octanol–water partition coefficient (Wildman–Crippen LogP) is 4.05. The summed E-state index contributed by atoms with van der Waals surface area (Å²) in [5.74, 6) is 1.60. The average molecular weight is 278 g/mol. The highest BCUT2D eigenvalue weighted by Crippen LogP contribution is 2.25. The molecule has 1 aromatic heterocycles. The van der Waals surface area contributed by atoms with Gasteiger partial charge in [-0.3, -0.25) is 4.98 Å². The topological polar surface area (TPSA) is 34.1 Å². The number of hydrogen-bond donors (Lipinski definition) is 1. The first-order valence-electron chi connectivity index (χ1n) is 7.03. The van der Waals surface area contributed by atoms with Gasteiger partial charge in [-0.1, -0.05) is 24.3 Å². The van der Waals surface area contributed by atoms with Crippen LogP contribution < -0.4 is 10.1 Å². The monoisotopic (exact) mass is 278 g/mol. The van der Waals surface area contributed by atoms with Gasteiger partial charge in [-0.15, -0.1) is 0 Å². The first-order valence-corrected chi connectivity index (χ1v) is 7.03. The van der Waals surface area contributed by atoms with E-state index in [1.807, 2.05) is 43.4 Å². The second-order valence-corrected chi connectivity index (χ2v) is 5.08. The van der Waals surface area contributed by atoms with Crippen molar-refractivity contribution in [3.63, 3.8) is 0 Å². The smallest absolute Gasteiger partial charge is 0.146 e. The molecule has 3 aromatic rings. The lowest BCUT2D eigenvalue weighted by Crippen LogP contribution is -2.06. The highest BCUT2D eigenvalue weighted by atomic mass is 16.5. The second-order valence-electron chi connectivity index (χ2n) is 5.08. The zero-order valence-electron chi connectivity index (χ0n) is 12.3. The van der Waals surface area contributed by atoms with Crippen molar-refractivity contribution in [2.24, 2.45) is 0 Å². The van der Waals surface area contributed by atoms with E-state index in [1.54, 1.807) is 6.20 Å². The Morgan fingerprint density at radius 1 is 1.05 bits per heavy atom. The van der Waals surface area contributed by atoms with Crippen LogP contribution in [0.25, 0.3) is 10.9 Å². The zero-order chi connectivity index (χ0) is 14.7. The Labute approximate surface area is 124 Å². The highest BCUT2D eigenvalue weighted by Gasteiger charge is 2.03. The summed E-state index contributed by atoms with van der Waals surface area (Å²) in [4.78, 5) is 4.41. The molecule has 0 fully saturated rings. The Hall–Kier alpha value is -2.39. The summed E-state index contributed by atoms with van der Waals surface area (Å²) < 4.78 is 5.92. The van der Waals surface area contributed by atoms with Crippen molar-refractivity contribution in [2.45, 2.75) is 13.5 Å². The van der Waals surface area contributed by atoms with Crippen molar-refractivity contribution >= 4 is 10.9 Å². The van der Waals surface area contributed by atoms with Crippen LogP contribution in [-0.4, -0.2) is 12.0 Å². The summed E-state index contributed by atoms with van der Waals surface area (Å²) in [5, 5.41) is 4.25. The van der Waals surface area contributed by atoms with E-state index < -0.39 is 0 Å². The van der Waals surface area contributed by atoms with Crippen molar-refractivity contribution in [3.05, 3.63) is 65.9 Å². The number of benzene rings is 2. The molecule has 21 heavy (non-hydrogen) atoms. The molecule has 0 aliphatic rings. The molecule has 106 valence electrons. The predicted molar refractivity (Wildman–Crippen MR) is 85.8 cm³/mol. The molecule has 0 unspecified atom stereocenters. The molecular weight excluding hydrogens is 260 g/mol. The molecule has 0 amide bonds. The number of pyridine rings is 1. The normalized spacial score (nSPS) is 10.8. The molecule has 0 atom stereocenters. The number of nitrogens with zero attached hydrogens (tertiary/aromatic N) is 1. The molecule has 3 nitrogen and oxygen atoms in total. The van der Waals surface area contributed by atoms with Gasteiger partial charge in [-0.2, -0.15) is 0 Å². The number of rotatable bonds is 4. The van der Waals surface area contributed by atoms with Crippen LogP contribution >= 0.6 is 0 Å². The van der Waals surface area contributed by atoms with Gasteiger partial charge in [0.1, 0.15) is 11.5 Å². The molecule has 1 N–H and O–H groups in total. The highest BCUT2D eigenvalue weighted by molar-refractivity contribution is 5.79. The summed E-state index contributed by atoms with van der Waals surface area (Å²) in [6.45, 7) is 2.96. The first kappa shape index (κ1) is 13.6. The number of aryl methyl sites for hydroxylation is 1. The summed E-state index contributed by atoms with van der Waals surface area (Å²) in [6.07, 6.45) is 1.76. The van der Waals surface area contributed by atoms with Crippen molar-refractivity contribution in [3.8, 4) is 11.5 Å². The fraction of sp³-hybridized carbons (Fsp3) is 0.167. The van der Waals surface area contributed by atoms with E-state index in [-0.39, 0.29) is 0 Å². The number of aromatic nitrogens is 1. The third kappa shape index (κ3) is 3.03. The molecule has 2 aromatic carbocycles. The van der Waals surface area contributed by atoms with Crippen LogP contribution in [0, 0.1) is 6.92 Å². The Morgan fingerprint density at radius 3 is 2.71 bits per heavy atom. The molecule has 0 radical (unpaired) electrons. The molecule has 3 rings (SSSR count). The van der Waals surface area contributed by atoms with Gasteiger partial charge in [0.2, 0.25) is 0 Å². The Balaban J connectivity index is 1.86. The third-order valence-corrected chi connectivity index (χ3v) is 3.48. The van der Waals surface area contributed by atoms with E-state index in [4.69, 9.17) is 4.74 Å². The number of hydrogen-bond acceptors (Lipinski definition) is 3. The summed E-state index contributed by atoms with van der Waals surface area (Å²) in [5.41, 5.74) is 3.47. The minimum atomic E-state index is 0.759. The van der Waals surface area contributed by atoms with Crippen LogP contribution in [0.1, 0.15) is 11.1 Å². The van der Waals surface area contributed by atoms with Gasteiger partial charge in [0, 0.05) is 11.9 Å². The quantitative estimate of drug-likeness (QED) is 0.781. The van der Waals surface area contributed by atoms with Crippen LogP contribution in [0.3, 0.4) is 0 Å². The first-order chi connectivity index (χ1) is 10.3. The van der Waals surface area contributed by atoms with Crippen LogP contribution in [-0.2, 0) is 6.54 Å². The van der Waals surface area contributed by atoms with Gasteiger partial charge in [0.25, 0.3) is 0 Å². The molecule has 0 saturated heterocycles. The molecule has 0 bridgehead atoms. The maximum Gasteiger partial charge on any atom is 0.146 e. The molecule has 0 aliphatic heterocycles. The Morgan fingerprint density at radius 2 is 1.90 bits per heavy atom. The van der Waals surface area contributed by atoms with Gasteiger partial charge in [-0.25, -0.2) is 0 Å². The largest absolute Gasteiger partial charge is 0.456 e. The molecule has 0 spiro atoms. The van der Waals surface area contributed by atoms with E-state index in [0.717, 1.165) is 28.9 Å². The van der Waals surface area contributed by atoms with E-state index in [1.165, 1.54) is 11.1 Å². The fourth-order valence-electron chi connectivity index (χ4n) is 2.36.